The predicted octanol–water partition coefficient (Wildman–Crippen LogP) is 4.29. The number of amides is 1. The Morgan fingerprint density at radius 2 is 1.76 bits per heavy atom. The van der Waals surface area contributed by atoms with Crippen LogP contribution in [-0.4, -0.2) is 37.5 Å². The first-order valence-electron chi connectivity index (χ1n) is 11.4. The second kappa shape index (κ2) is 10.8. The molecule has 1 aliphatic heterocycles. The van der Waals surface area contributed by atoms with Gasteiger partial charge in [0.15, 0.2) is 0 Å². The fourth-order valence-corrected chi connectivity index (χ4v) is 4.02. The molecule has 0 fully saturated rings. The average molecular weight is 459 g/mol. The van der Waals surface area contributed by atoms with E-state index in [1.165, 1.54) is 0 Å². The van der Waals surface area contributed by atoms with Gasteiger partial charge in [0.2, 0.25) is 0 Å². The van der Waals surface area contributed by atoms with Crippen molar-refractivity contribution >= 4 is 11.7 Å². The minimum absolute atomic E-state index is 0.144. The van der Waals surface area contributed by atoms with E-state index < -0.39 is 0 Å². The number of ether oxygens (including phenoxy) is 2. The summed E-state index contributed by atoms with van der Waals surface area (Å²) in [6, 6.07) is 13.5. The first-order valence-corrected chi connectivity index (χ1v) is 11.4. The first kappa shape index (κ1) is 23.3. The number of carbonyl (C=O) groups excluding carboxylic acids is 1. The van der Waals surface area contributed by atoms with Crippen LogP contribution in [0.25, 0.3) is 11.1 Å². The Morgan fingerprint density at radius 1 is 1.00 bits per heavy atom. The monoisotopic (exact) mass is 458 g/mol. The van der Waals surface area contributed by atoms with Gasteiger partial charge in [0.05, 0.1) is 20.1 Å². The largest absolute Gasteiger partial charge is 0.497 e. The van der Waals surface area contributed by atoms with Gasteiger partial charge in [0.1, 0.15) is 11.5 Å². The lowest BCUT2D eigenvalue weighted by Gasteiger charge is -2.14. The number of amidine groups is 1. The molecule has 1 amide bonds. The molecule has 1 aromatic heterocycles. The van der Waals surface area contributed by atoms with E-state index in [0.29, 0.717) is 30.2 Å². The number of nitrogens with zero attached hydrogens (tertiary/aromatic N) is 2. The quantitative estimate of drug-likeness (QED) is 0.526. The molecule has 7 heteroatoms. The maximum atomic E-state index is 13.2. The van der Waals surface area contributed by atoms with Gasteiger partial charge in [-0.15, -0.1) is 0 Å². The lowest BCUT2D eigenvalue weighted by Crippen LogP contribution is -2.24. The van der Waals surface area contributed by atoms with Crippen molar-refractivity contribution in [3.8, 4) is 22.6 Å². The number of nitrogens with one attached hydrogen (secondary N) is 2. The van der Waals surface area contributed by atoms with Crippen LogP contribution in [0.15, 0.2) is 59.9 Å². The van der Waals surface area contributed by atoms with Crippen LogP contribution >= 0.6 is 0 Å². The molecule has 0 aliphatic carbocycles. The van der Waals surface area contributed by atoms with Gasteiger partial charge in [-0.1, -0.05) is 0 Å². The second-order valence-electron chi connectivity index (χ2n) is 8.30. The fourth-order valence-electron chi connectivity index (χ4n) is 4.02. The molecule has 2 aromatic carbocycles. The number of hydrogen-bond donors (Lipinski definition) is 2. The third-order valence-electron chi connectivity index (χ3n) is 5.82. The maximum Gasteiger partial charge on any atom is 0.251 e. The van der Waals surface area contributed by atoms with E-state index in [0.717, 1.165) is 53.0 Å². The van der Waals surface area contributed by atoms with E-state index in [4.69, 9.17) is 9.47 Å². The third-order valence-corrected chi connectivity index (χ3v) is 5.82. The summed E-state index contributed by atoms with van der Waals surface area (Å²) >= 11 is 0. The summed E-state index contributed by atoms with van der Waals surface area (Å²) in [6.45, 7) is 3.87. The predicted molar refractivity (Wildman–Crippen MR) is 134 cm³/mol. The smallest absolute Gasteiger partial charge is 0.251 e. The van der Waals surface area contributed by atoms with Gasteiger partial charge in [-0.05, 0) is 77.6 Å². The van der Waals surface area contributed by atoms with Gasteiger partial charge < -0.3 is 20.1 Å². The van der Waals surface area contributed by atoms with Crippen LogP contribution in [-0.2, 0) is 13.1 Å². The highest BCUT2D eigenvalue weighted by atomic mass is 16.5. The molecule has 176 valence electrons. The molecule has 0 saturated heterocycles. The number of aliphatic imine (C=N–C) groups is 1. The highest BCUT2D eigenvalue weighted by Crippen LogP contribution is 2.26. The van der Waals surface area contributed by atoms with E-state index >= 15 is 0 Å². The highest BCUT2D eigenvalue weighted by molar-refractivity contribution is 5.96. The molecule has 34 heavy (non-hydrogen) atoms. The van der Waals surface area contributed by atoms with Crippen LogP contribution in [0.1, 0.15) is 39.9 Å². The zero-order valence-corrected chi connectivity index (χ0v) is 19.9. The lowest BCUT2D eigenvalue weighted by molar-refractivity contribution is 0.0950. The summed E-state index contributed by atoms with van der Waals surface area (Å²) in [6.07, 6.45) is 5.67. The van der Waals surface area contributed by atoms with Gasteiger partial charge in [0, 0.05) is 50.1 Å². The molecule has 2 heterocycles. The summed E-state index contributed by atoms with van der Waals surface area (Å²) in [7, 11) is 3.22. The van der Waals surface area contributed by atoms with Crippen LogP contribution in [0.4, 0.5) is 0 Å². The second-order valence-corrected chi connectivity index (χ2v) is 8.30. The Hall–Kier alpha value is -3.87. The number of methoxy groups -OCH3 is 2. The van der Waals surface area contributed by atoms with Crippen molar-refractivity contribution in [2.45, 2.75) is 32.9 Å². The molecule has 2 N–H and O–H groups in total. The molecular weight excluding hydrogens is 428 g/mol. The topological polar surface area (TPSA) is 84.8 Å². The Labute approximate surface area is 200 Å². The minimum atomic E-state index is -0.144. The van der Waals surface area contributed by atoms with E-state index in [9.17, 15) is 4.79 Å². The summed E-state index contributed by atoms with van der Waals surface area (Å²) in [5, 5.41) is 6.45. The van der Waals surface area contributed by atoms with Crippen molar-refractivity contribution in [2.24, 2.45) is 4.99 Å². The van der Waals surface area contributed by atoms with Gasteiger partial charge >= 0.3 is 0 Å². The Morgan fingerprint density at radius 3 is 2.44 bits per heavy atom. The van der Waals surface area contributed by atoms with E-state index in [1.54, 1.807) is 26.5 Å². The fraction of sp³-hybridized carbons (Fsp3) is 0.296. The zero-order valence-electron chi connectivity index (χ0n) is 19.9. The molecule has 7 nitrogen and oxygen atoms in total. The summed E-state index contributed by atoms with van der Waals surface area (Å²) in [5.41, 5.74) is 5.63. The summed E-state index contributed by atoms with van der Waals surface area (Å²) in [5.74, 6) is 2.25. The number of benzene rings is 2. The summed E-state index contributed by atoms with van der Waals surface area (Å²) in [4.78, 5) is 21.9. The van der Waals surface area contributed by atoms with Crippen molar-refractivity contribution in [2.75, 3.05) is 20.8 Å². The van der Waals surface area contributed by atoms with Crippen molar-refractivity contribution in [1.29, 1.82) is 0 Å². The zero-order chi connectivity index (χ0) is 23.9. The molecule has 0 spiro atoms. The average Bonchev–Trinajstić information content (AvgIpc) is 3.39. The number of hydrogen-bond acceptors (Lipinski definition) is 6. The molecule has 3 aromatic rings. The van der Waals surface area contributed by atoms with Crippen LogP contribution in [0.2, 0.25) is 0 Å². The SMILES string of the molecule is COc1cc(CNC(=O)c2cc(CNC3=NCCC3)cc(-c3ccncc3C)c2)cc(OC)c1. The molecule has 4 rings (SSSR count). The molecule has 0 atom stereocenters. The van der Waals surface area contributed by atoms with Gasteiger partial charge in [0.25, 0.3) is 5.91 Å². The number of carbonyl (C=O) groups is 1. The number of rotatable bonds is 8. The summed E-state index contributed by atoms with van der Waals surface area (Å²) < 4.78 is 10.7. The molecular formula is C27H30N4O3. The normalized spacial score (nSPS) is 12.7. The van der Waals surface area contributed by atoms with Crippen molar-refractivity contribution in [1.82, 2.24) is 15.6 Å². The van der Waals surface area contributed by atoms with E-state index in [1.807, 2.05) is 43.5 Å². The molecule has 1 aliphatic rings. The van der Waals surface area contributed by atoms with Crippen LogP contribution < -0.4 is 20.1 Å². The first-order chi connectivity index (χ1) is 16.6. The van der Waals surface area contributed by atoms with E-state index in [-0.39, 0.29) is 5.91 Å². The molecule has 0 saturated carbocycles. The number of pyridine rings is 1. The minimum Gasteiger partial charge on any atom is -0.497 e. The number of aryl methyl sites for hydroxylation is 1. The van der Waals surface area contributed by atoms with Gasteiger partial charge in [-0.3, -0.25) is 14.8 Å². The van der Waals surface area contributed by atoms with Crippen molar-refractivity contribution in [3.05, 3.63) is 77.1 Å². The van der Waals surface area contributed by atoms with Crippen LogP contribution in [0, 0.1) is 6.92 Å². The molecule has 0 unspecified atom stereocenters. The van der Waals surface area contributed by atoms with Crippen molar-refractivity contribution < 1.29 is 14.3 Å². The highest BCUT2D eigenvalue weighted by Gasteiger charge is 2.13. The third kappa shape index (κ3) is 5.73. The van der Waals surface area contributed by atoms with Gasteiger partial charge in [-0.2, -0.15) is 0 Å². The van der Waals surface area contributed by atoms with Crippen LogP contribution in [0.5, 0.6) is 11.5 Å². The van der Waals surface area contributed by atoms with Crippen molar-refractivity contribution in [3.63, 3.8) is 0 Å². The van der Waals surface area contributed by atoms with Crippen LogP contribution in [0.3, 0.4) is 0 Å². The number of aromatic nitrogens is 1. The standard InChI is InChI=1S/C27H30N4O3/c1-18-15-28-8-6-25(18)21-9-19(16-30-26-5-4-7-29-26)10-22(13-21)27(32)31-17-20-11-23(33-2)14-24(12-20)34-3/h6,8-15H,4-5,7,16-17H2,1-3H3,(H,29,30)(H,31,32). The molecule has 0 bridgehead atoms. The Balaban J connectivity index is 1.57. The van der Waals surface area contributed by atoms with E-state index in [2.05, 4.69) is 26.7 Å². The van der Waals surface area contributed by atoms with Gasteiger partial charge in [-0.25, -0.2) is 0 Å². The lowest BCUT2D eigenvalue weighted by atomic mass is 9.97. The molecule has 0 radical (unpaired) electrons. The Kier molecular flexibility index (Phi) is 7.42. The Bertz CT molecular complexity index is 1180. The maximum absolute atomic E-state index is 13.2.